The van der Waals surface area contributed by atoms with Gasteiger partial charge in [0.25, 0.3) is 0 Å². The topological polar surface area (TPSA) is 83.0 Å². The molecular formula is C18H29N5OS2. The first-order chi connectivity index (χ1) is 12.7. The molecule has 2 aromatic heterocycles. The lowest BCUT2D eigenvalue weighted by Crippen LogP contribution is -2.16. The minimum absolute atomic E-state index is 0.237. The molecule has 0 saturated carbocycles. The van der Waals surface area contributed by atoms with Crippen LogP contribution in [0.5, 0.6) is 0 Å². The molecule has 0 aromatic carbocycles. The predicted octanol–water partition coefficient (Wildman–Crippen LogP) is 3.79. The van der Waals surface area contributed by atoms with Crippen LogP contribution in [0.2, 0.25) is 0 Å². The summed E-state index contributed by atoms with van der Waals surface area (Å²) in [5.41, 5.74) is 2.25. The van der Waals surface area contributed by atoms with E-state index in [-0.39, 0.29) is 6.61 Å². The predicted molar refractivity (Wildman–Crippen MR) is 112 cm³/mol. The van der Waals surface area contributed by atoms with Crippen LogP contribution in [0.3, 0.4) is 0 Å². The normalized spacial score (nSPS) is 12.2. The molecule has 8 heteroatoms. The Bertz CT molecular complexity index is 647. The highest BCUT2D eigenvalue weighted by atomic mass is 32.2. The minimum atomic E-state index is 0.237. The largest absolute Gasteiger partial charge is 0.396 e. The zero-order valence-electron chi connectivity index (χ0n) is 15.8. The number of aryl methyl sites for hydroxylation is 1. The van der Waals surface area contributed by atoms with E-state index < -0.39 is 0 Å². The fourth-order valence-electron chi connectivity index (χ4n) is 2.66. The Balaban J connectivity index is 2.13. The summed E-state index contributed by atoms with van der Waals surface area (Å²) in [4.78, 5) is 13.7. The highest BCUT2D eigenvalue weighted by molar-refractivity contribution is 7.97. The number of hydrogen-bond donors (Lipinski definition) is 3. The third-order valence-electron chi connectivity index (χ3n) is 4.28. The molecule has 144 valence electrons. The van der Waals surface area contributed by atoms with Crippen LogP contribution in [0.4, 0.5) is 11.8 Å². The van der Waals surface area contributed by atoms with E-state index in [1.165, 1.54) is 5.56 Å². The first-order valence-electron chi connectivity index (χ1n) is 9.07. The average Bonchev–Trinajstić information content (AvgIpc) is 3.18. The molecular weight excluding hydrogens is 366 g/mol. The van der Waals surface area contributed by atoms with E-state index in [1.807, 2.05) is 5.38 Å². The fourth-order valence-corrected chi connectivity index (χ4v) is 3.81. The van der Waals surface area contributed by atoms with Crippen molar-refractivity contribution in [1.82, 2.24) is 15.0 Å². The van der Waals surface area contributed by atoms with Crippen LogP contribution in [0.15, 0.2) is 11.6 Å². The zero-order chi connectivity index (χ0) is 18.8. The Morgan fingerprint density at radius 2 is 2.12 bits per heavy atom. The van der Waals surface area contributed by atoms with E-state index in [0.29, 0.717) is 18.4 Å². The lowest BCUT2D eigenvalue weighted by molar-refractivity contribution is 0.217. The molecule has 0 radical (unpaired) electrons. The second-order valence-electron chi connectivity index (χ2n) is 6.06. The third-order valence-corrected chi connectivity index (χ3v) is 5.64. The van der Waals surface area contributed by atoms with E-state index in [2.05, 4.69) is 35.7 Å². The summed E-state index contributed by atoms with van der Waals surface area (Å²) in [6.07, 6.45) is 6.68. The number of hydrogen-bond acceptors (Lipinski definition) is 8. The van der Waals surface area contributed by atoms with Gasteiger partial charge in [-0.3, -0.25) is 0 Å². The highest BCUT2D eigenvalue weighted by Crippen LogP contribution is 2.24. The number of aliphatic hydroxyl groups is 1. The molecule has 1 unspecified atom stereocenters. The maximum atomic E-state index is 9.38. The zero-order valence-corrected chi connectivity index (χ0v) is 17.4. The van der Waals surface area contributed by atoms with E-state index in [1.54, 1.807) is 29.3 Å². The molecule has 0 aliphatic carbocycles. The Labute approximate surface area is 164 Å². The Hall–Kier alpha value is -1.38. The molecule has 2 rings (SSSR count). The molecule has 0 saturated heterocycles. The van der Waals surface area contributed by atoms with Gasteiger partial charge in [-0.25, -0.2) is 9.97 Å². The molecule has 3 N–H and O–H groups in total. The summed E-state index contributed by atoms with van der Waals surface area (Å²) in [5.74, 6) is 2.76. The maximum absolute atomic E-state index is 9.38. The number of thiazole rings is 1. The van der Waals surface area contributed by atoms with Crippen LogP contribution >= 0.6 is 23.1 Å². The Morgan fingerprint density at radius 1 is 1.27 bits per heavy atom. The van der Waals surface area contributed by atoms with Crippen LogP contribution in [-0.4, -0.2) is 39.5 Å². The molecule has 26 heavy (non-hydrogen) atoms. The van der Waals surface area contributed by atoms with Crippen molar-refractivity contribution in [3.63, 3.8) is 0 Å². The van der Waals surface area contributed by atoms with Crippen molar-refractivity contribution in [2.24, 2.45) is 5.92 Å². The van der Waals surface area contributed by atoms with E-state index >= 15 is 0 Å². The SMILES string of the molecule is CCc1nc(NCc2nccs2)nc(NCCC(CC)CO)c1CSC. The Morgan fingerprint density at radius 3 is 2.73 bits per heavy atom. The molecule has 0 fully saturated rings. The molecule has 2 aromatic rings. The van der Waals surface area contributed by atoms with Gasteiger partial charge < -0.3 is 15.7 Å². The fraction of sp³-hybridized carbons (Fsp3) is 0.611. The maximum Gasteiger partial charge on any atom is 0.225 e. The van der Waals surface area contributed by atoms with E-state index in [9.17, 15) is 5.11 Å². The molecule has 0 aliphatic heterocycles. The van der Waals surface area contributed by atoms with Crippen molar-refractivity contribution < 1.29 is 5.11 Å². The summed E-state index contributed by atoms with van der Waals surface area (Å²) in [6, 6.07) is 0. The molecule has 2 heterocycles. The van der Waals surface area contributed by atoms with Gasteiger partial charge in [0.1, 0.15) is 10.8 Å². The van der Waals surface area contributed by atoms with Crippen molar-refractivity contribution in [1.29, 1.82) is 0 Å². The standard InChI is InChI=1S/C18H29N5OS2/c1-4-13(11-24)6-7-20-17-14(12-25-3)15(5-2)22-18(23-17)21-10-16-19-8-9-26-16/h8-9,13,24H,4-7,10-12H2,1-3H3,(H2,20,21,22,23). The number of thioether (sulfide) groups is 1. The highest BCUT2D eigenvalue weighted by Gasteiger charge is 2.14. The summed E-state index contributed by atoms with van der Waals surface area (Å²) in [7, 11) is 0. The first kappa shape index (κ1) is 20.9. The number of aliphatic hydroxyl groups excluding tert-OH is 1. The molecule has 1 atom stereocenters. The van der Waals surface area contributed by atoms with E-state index in [0.717, 1.165) is 48.1 Å². The number of rotatable bonds is 12. The monoisotopic (exact) mass is 395 g/mol. The van der Waals surface area contributed by atoms with Crippen molar-refractivity contribution in [2.75, 3.05) is 30.0 Å². The molecule has 0 bridgehead atoms. The van der Waals surface area contributed by atoms with E-state index in [4.69, 9.17) is 9.97 Å². The van der Waals surface area contributed by atoms with Crippen LogP contribution in [0.25, 0.3) is 0 Å². The quantitative estimate of drug-likeness (QED) is 0.504. The summed E-state index contributed by atoms with van der Waals surface area (Å²) in [6.45, 7) is 5.90. The van der Waals surface area contributed by atoms with Crippen molar-refractivity contribution in [3.8, 4) is 0 Å². The molecule has 0 spiro atoms. The van der Waals surface area contributed by atoms with Crippen LogP contribution < -0.4 is 10.6 Å². The third kappa shape index (κ3) is 6.10. The van der Waals surface area contributed by atoms with Crippen LogP contribution in [0.1, 0.15) is 43.0 Å². The lowest BCUT2D eigenvalue weighted by atomic mass is 10.0. The van der Waals surface area contributed by atoms with Crippen LogP contribution in [0, 0.1) is 5.92 Å². The van der Waals surface area contributed by atoms with Gasteiger partial charge in [-0.15, -0.1) is 11.3 Å². The number of aromatic nitrogens is 3. The van der Waals surface area contributed by atoms with Crippen molar-refractivity contribution >= 4 is 34.9 Å². The average molecular weight is 396 g/mol. The van der Waals surface area contributed by atoms with Gasteiger partial charge in [-0.05, 0) is 25.0 Å². The lowest BCUT2D eigenvalue weighted by Gasteiger charge is -2.17. The number of nitrogens with one attached hydrogen (secondary N) is 2. The second kappa shape index (κ2) is 11.4. The Kier molecular flexibility index (Phi) is 9.14. The van der Waals surface area contributed by atoms with Crippen molar-refractivity contribution in [3.05, 3.63) is 27.8 Å². The van der Waals surface area contributed by atoms with Gasteiger partial charge in [0.05, 0.1) is 12.2 Å². The van der Waals surface area contributed by atoms with Crippen molar-refractivity contribution in [2.45, 2.75) is 45.4 Å². The second-order valence-corrected chi connectivity index (χ2v) is 7.90. The van der Waals surface area contributed by atoms with Gasteiger partial charge in [0.2, 0.25) is 5.95 Å². The summed E-state index contributed by atoms with van der Waals surface area (Å²) < 4.78 is 0. The molecule has 0 amide bonds. The van der Waals surface area contributed by atoms with Gasteiger partial charge in [-0.2, -0.15) is 16.7 Å². The number of anilines is 2. The van der Waals surface area contributed by atoms with Gasteiger partial charge in [0, 0.05) is 36.0 Å². The first-order valence-corrected chi connectivity index (χ1v) is 11.3. The molecule has 0 aliphatic rings. The summed E-state index contributed by atoms with van der Waals surface area (Å²) in [5, 5.41) is 19.1. The summed E-state index contributed by atoms with van der Waals surface area (Å²) >= 11 is 3.39. The van der Waals surface area contributed by atoms with Gasteiger partial charge >= 0.3 is 0 Å². The number of nitrogens with zero attached hydrogens (tertiary/aromatic N) is 3. The smallest absolute Gasteiger partial charge is 0.225 e. The van der Waals surface area contributed by atoms with Gasteiger partial charge in [0.15, 0.2) is 0 Å². The van der Waals surface area contributed by atoms with Crippen LogP contribution in [-0.2, 0) is 18.7 Å². The van der Waals surface area contributed by atoms with Gasteiger partial charge in [-0.1, -0.05) is 20.3 Å². The minimum Gasteiger partial charge on any atom is -0.396 e. The molecule has 6 nitrogen and oxygen atoms in total.